The van der Waals surface area contributed by atoms with Crippen LogP contribution >= 0.6 is 11.8 Å². The Bertz CT molecular complexity index is 1050. The van der Waals surface area contributed by atoms with Crippen molar-refractivity contribution in [3.63, 3.8) is 0 Å². The maximum atomic E-state index is 14.4. The molecule has 154 valence electrons. The number of aromatic nitrogens is 3. The first kappa shape index (κ1) is 20.1. The lowest BCUT2D eigenvalue weighted by molar-refractivity contribution is -0.145. The van der Waals surface area contributed by atoms with E-state index in [0.29, 0.717) is 16.5 Å². The number of esters is 1. The third-order valence-corrected chi connectivity index (χ3v) is 5.29. The zero-order valence-electron chi connectivity index (χ0n) is 16.0. The van der Waals surface area contributed by atoms with Crippen molar-refractivity contribution < 1.29 is 18.7 Å². The number of para-hydroxylation sites is 1. The number of halogens is 1. The molecular formula is C21H19FN4O3S. The van der Waals surface area contributed by atoms with E-state index in [1.165, 1.54) is 6.07 Å². The first-order chi connectivity index (χ1) is 14.6. The Hall–Kier alpha value is -3.20. The summed E-state index contributed by atoms with van der Waals surface area (Å²) in [6, 6.07) is 15.8. The fraction of sp³-hybridized carbons (Fsp3) is 0.238. The van der Waals surface area contributed by atoms with Crippen molar-refractivity contribution in [1.82, 2.24) is 20.1 Å². The minimum atomic E-state index is -0.541. The molecule has 0 atom stereocenters. The van der Waals surface area contributed by atoms with Gasteiger partial charge in [0.05, 0.1) is 11.3 Å². The second-order valence-electron chi connectivity index (χ2n) is 6.75. The molecular weight excluding hydrogens is 407 g/mol. The molecule has 1 fully saturated rings. The topological polar surface area (TPSA) is 86.1 Å². The third kappa shape index (κ3) is 4.85. The summed E-state index contributed by atoms with van der Waals surface area (Å²) in [5.74, 6) is -0.983. The van der Waals surface area contributed by atoms with Gasteiger partial charge in [-0.05, 0) is 37.1 Å². The number of carbonyl (C=O) groups excluding carboxylic acids is 2. The van der Waals surface area contributed by atoms with Crippen LogP contribution < -0.4 is 5.32 Å². The van der Waals surface area contributed by atoms with E-state index in [1.807, 2.05) is 30.3 Å². The highest BCUT2D eigenvalue weighted by molar-refractivity contribution is 7.99. The summed E-state index contributed by atoms with van der Waals surface area (Å²) in [7, 11) is 0. The van der Waals surface area contributed by atoms with Gasteiger partial charge in [-0.3, -0.25) is 14.2 Å². The molecule has 0 saturated heterocycles. The Morgan fingerprint density at radius 3 is 2.57 bits per heavy atom. The SMILES string of the molecule is O=C(COC(=O)CSc1nnc(-c2ccccc2F)n1-c1ccccc1)NC1CC1. The molecule has 3 aromatic rings. The predicted molar refractivity (Wildman–Crippen MR) is 110 cm³/mol. The Balaban J connectivity index is 1.49. The van der Waals surface area contributed by atoms with Crippen LogP contribution in [0.1, 0.15) is 12.8 Å². The van der Waals surface area contributed by atoms with E-state index < -0.39 is 11.8 Å². The molecule has 1 amide bonds. The number of ether oxygens (including phenoxy) is 1. The van der Waals surface area contributed by atoms with Gasteiger partial charge in [-0.1, -0.05) is 42.1 Å². The summed E-state index contributed by atoms with van der Waals surface area (Å²) >= 11 is 1.11. The Morgan fingerprint density at radius 1 is 1.10 bits per heavy atom. The molecule has 1 saturated carbocycles. The van der Waals surface area contributed by atoms with Gasteiger partial charge in [0.15, 0.2) is 17.6 Å². The minimum absolute atomic E-state index is 0.0566. The van der Waals surface area contributed by atoms with E-state index in [-0.39, 0.29) is 24.3 Å². The number of rotatable bonds is 8. The molecule has 0 radical (unpaired) electrons. The van der Waals surface area contributed by atoms with E-state index in [4.69, 9.17) is 4.74 Å². The molecule has 9 heteroatoms. The predicted octanol–water partition coefficient (Wildman–Crippen LogP) is 2.99. The standard InChI is InChI=1S/C21H19FN4O3S/c22-17-9-5-4-8-16(17)20-24-25-21(26(20)15-6-2-1-3-7-15)30-13-19(28)29-12-18(27)23-14-10-11-14/h1-9,14H,10-13H2,(H,23,27). The van der Waals surface area contributed by atoms with Gasteiger partial charge in [0.2, 0.25) is 0 Å². The molecule has 0 bridgehead atoms. The third-order valence-electron chi connectivity index (χ3n) is 4.39. The van der Waals surface area contributed by atoms with Crippen molar-refractivity contribution in [1.29, 1.82) is 0 Å². The summed E-state index contributed by atoms with van der Waals surface area (Å²) in [5, 5.41) is 11.5. The van der Waals surface area contributed by atoms with Crippen molar-refractivity contribution >= 4 is 23.6 Å². The second-order valence-corrected chi connectivity index (χ2v) is 7.69. The smallest absolute Gasteiger partial charge is 0.316 e. The maximum absolute atomic E-state index is 14.4. The molecule has 1 heterocycles. The number of amides is 1. The number of hydrogen-bond donors (Lipinski definition) is 1. The number of nitrogens with one attached hydrogen (secondary N) is 1. The van der Waals surface area contributed by atoms with E-state index in [2.05, 4.69) is 15.5 Å². The van der Waals surface area contributed by atoms with Gasteiger partial charge in [-0.2, -0.15) is 0 Å². The minimum Gasteiger partial charge on any atom is -0.455 e. The van der Waals surface area contributed by atoms with Gasteiger partial charge >= 0.3 is 5.97 Å². The summed E-state index contributed by atoms with van der Waals surface area (Å²) in [6.07, 6.45) is 1.93. The molecule has 7 nitrogen and oxygen atoms in total. The van der Waals surface area contributed by atoms with E-state index in [0.717, 1.165) is 30.3 Å². The highest BCUT2D eigenvalue weighted by Gasteiger charge is 2.24. The van der Waals surface area contributed by atoms with Crippen molar-refractivity contribution in [3.8, 4) is 17.1 Å². The first-order valence-electron chi connectivity index (χ1n) is 9.45. The van der Waals surface area contributed by atoms with Crippen LogP contribution in [0.15, 0.2) is 59.8 Å². The lowest BCUT2D eigenvalue weighted by Gasteiger charge is -2.10. The molecule has 2 aromatic carbocycles. The highest BCUT2D eigenvalue weighted by Crippen LogP contribution is 2.29. The first-order valence-corrected chi connectivity index (χ1v) is 10.4. The van der Waals surface area contributed by atoms with Crippen molar-refractivity contribution in [2.45, 2.75) is 24.0 Å². The lowest BCUT2D eigenvalue weighted by Crippen LogP contribution is -2.30. The van der Waals surface area contributed by atoms with Crippen LogP contribution in [0.25, 0.3) is 17.1 Å². The Kier molecular flexibility index (Phi) is 6.08. The Labute approximate surface area is 176 Å². The summed E-state index contributed by atoms with van der Waals surface area (Å²) in [6.45, 7) is -0.304. The molecule has 4 rings (SSSR count). The average molecular weight is 426 g/mol. The van der Waals surface area contributed by atoms with Gasteiger partial charge in [-0.25, -0.2) is 4.39 Å². The van der Waals surface area contributed by atoms with E-state index >= 15 is 0 Å². The highest BCUT2D eigenvalue weighted by atomic mass is 32.2. The van der Waals surface area contributed by atoms with Crippen LogP contribution in [-0.4, -0.2) is 45.0 Å². The summed E-state index contributed by atoms with van der Waals surface area (Å²) in [4.78, 5) is 23.7. The maximum Gasteiger partial charge on any atom is 0.316 e. The number of carbonyl (C=O) groups is 2. The van der Waals surface area contributed by atoms with Crippen molar-refractivity contribution in [2.24, 2.45) is 0 Å². The van der Waals surface area contributed by atoms with Crippen LogP contribution in [0.5, 0.6) is 0 Å². The fourth-order valence-electron chi connectivity index (χ4n) is 2.80. The quantitative estimate of drug-likeness (QED) is 0.440. The fourth-order valence-corrected chi connectivity index (χ4v) is 3.55. The second kappa shape index (κ2) is 9.08. The molecule has 0 aliphatic heterocycles. The average Bonchev–Trinajstić information content (AvgIpc) is 3.47. The van der Waals surface area contributed by atoms with E-state index in [1.54, 1.807) is 22.8 Å². The molecule has 30 heavy (non-hydrogen) atoms. The van der Waals surface area contributed by atoms with Crippen LogP contribution in [0.3, 0.4) is 0 Å². The van der Waals surface area contributed by atoms with Gasteiger partial charge in [0, 0.05) is 11.7 Å². The lowest BCUT2D eigenvalue weighted by atomic mass is 10.2. The molecule has 1 aromatic heterocycles. The van der Waals surface area contributed by atoms with Crippen LogP contribution in [0.2, 0.25) is 0 Å². The largest absolute Gasteiger partial charge is 0.455 e. The van der Waals surface area contributed by atoms with Crippen LogP contribution in [0.4, 0.5) is 4.39 Å². The van der Waals surface area contributed by atoms with Crippen LogP contribution in [0, 0.1) is 5.82 Å². The monoisotopic (exact) mass is 426 g/mol. The molecule has 1 N–H and O–H groups in total. The van der Waals surface area contributed by atoms with Crippen molar-refractivity contribution in [3.05, 3.63) is 60.4 Å². The van der Waals surface area contributed by atoms with Gasteiger partial charge < -0.3 is 10.1 Å². The number of thioether (sulfide) groups is 1. The Morgan fingerprint density at radius 2 is 1.83 bits per heavy atom. The zero-order valence-corrected chi connectivity index (χ0v) is 16.8. The zero-order chi connectivity index (χ0) is 20.9. The molecule has 1 aliphatic rings. The normalized spacial score (nSPS) is 13.1. The van der Waals surface area contributed by atoms with Gasteiger partial charge in [-0.15, -0.1) is 10.2 Å². The number of hydrogen-bond acceptors (Lipinski definition) is 6. The molecule has 1 aliphatic carbocycles. The summed E-state index contributed by atoms with van der Waals surface area (Å²) < 4.78 is 21.1. The number of nitrogens with zero attached hydrogens (tertiary/aromatic N) is 3. The molecule has 0 unspecified atom stereocenters. The molecule has 0 spiro atoms. The van der Waals surface area contributed by atoms with Gasteiger partial charge in [0.25, 0.3) is 5.91 Å². The van der Waals surface area contributed by atoms with E-state index in [9.17, 15) is 14.0 Å². The number of benzene rings is 2. The van der Waals surface area contributed by atoms with Crippen LogP contribution in [-0.2, 0) is 14.3 Å². The van der Waals surface area contributed by atoms with Crippen molar-refractivity contribution in [2.75, 3.05) is 12.4 Å². The summed E-state index contributed by atoms with van der Waals surface area (Å²) in [5.41, 5.74) is 1.04. The van der Waals surface area contributed by atoms with Gasteiger partial charge in [0.1, 0.15) is 5.82 Å².